The number of nitrogens with zero attached hydrogens (tertiary/aromatic N) is 5. The predicted octanol–water partition coefficient (Wildman–Crippen LogP) is 5.69. The number of piperidine rings is 1. The van der Waals surface area contributed by atoms with E-state index in [-0.39, 0.29) is 11.5 Å². The number of halogens is 2. The van der Waals surface area contributed by atoms with Crippen LogP contribution in [-0.2, 0) is 6.42 Å². The van der Waals surface area contributed by atoms with Crippen LogP contribution in [-0.4, -0.2) is 77.6 Å². The van der Waals surface area contributed by atoms with Crippen LogP contribution in [0.3, 0.4) is 0 Å². The molecular weight excluding hydrogens is 524 g/mol. The van der Waals surface area contributed by atoms with Crippen molar-refractivity contribution in [1.29, 1.82) is 0 Å². The van der Waals surface area contributed by atoms with Crippen molar-refractivity contribution in [3.8, 4) is 17.3 Å². The van der Waals surface area contributed by atoms with Gasteiger partial charge in [0, 0.05) is 44.5 Å². The predicted molar refractivity (Wildman–Crippen MR) is 158 cm³/mol. The number of hydrogen-bond donors (Lipinski definition) is 1. The van der Waals surface area contributed by atoms with Gasteiger partial charge in [0.2, 0.25) is 0 Å². The number of aromatic nitrogens is 3. The van der Waals surface area contributed by atoms with Crippen molar-refractivity contribution in [3.63, 3.8) is 0 Å². The lowest BCUT2D eigenvalue weighted by Crippen LogP contribution is -2.30. The minimum Gasteiger partial charge on any atom is -0.467 e. The summed E-state index contributed by atoms with van der Waals surface area (Å²) in [5.74, 6) is 0.289. The number of ether oxygens (including phenoxy) is 1. The fourth-order valence-electron chi connectivity index (χ4n) is 6.66. The second-order valence-electron chi connectivity index (χ2n) is 11.2. The summed E-state index contributed by atoms with van der Waals surface area (Å²) in [5, 5.41) is 9.84. The Morgan fingerprint density at radius 3 is 2.61 bits per heavy atom. The lowest BCUT2D eigenvalue weighted by atomic mass is 10.0. The van der Waals surface area contributed by atoms with Crippen molar-refractivity contribution in [2.24, 2.45) is 0 Å². The summed E-state index contributed by atoms with van der Waals surface area (Å²) in [4.78, 5) is 18.0. The number of alkyl halides is 1. The minimum absolute atomic E-state index is 0.185. The first-order chi connectivity index (χ1) is 20.1. The van der Waals surface area contributed by atoms with E-state index in [0.717, 1.165) is 68.8 Å². The molecule has 2 aromatic carbocycles. The SMILES string of the molecule is CO.COc1nc(N2CCCCC2)c2cnc(-c3cccc4ccc5c(c34)C5)c(F)c2n1.FC1CC2CCCN2C1. The lowest BCUT2D eigenvalue weighted by Gasteiger charge is -2.28. The molecule has 0 amide bonds. The summed E-state index contributed by atoms with van der Waals surface area (Å²) < 4.78 is 33.8. The van der Waals surface area contributed by atoms with E-state index in [4.69, 9.17) is 9.84 Å². The molecular formula is C32H37F2N5O2. The summed E-state index contributed by atoms with van der Waals surface area (Å²) in [7, 11) is 2.52. The number of benzene rings is 2. The van der Waals surface area contributed by atoms with Crippen molar-refractivity contribution in [3.05, 3.63) is 53.5 Å². The van der Waals surface area contributed by atoms with Crippen LogP contribution < -0.4 is 9.64 Å². The van der Waals surface area contributed by atoms with Crippen LogP contribution in [0.4, 0.5) is 14.6 Å². The van der Waals surface area contributed by atoms with Crippen molar-refractivity contribution < 1.29 is 18.6 Å². The molecule has 0 bridgehead atoms. The van der Waals surface area contributed by atoms with Gasteiger partial charge >= 0.3 is 6.01 Å². The quantitative estimate of drug-likeness (QED) is 0.303. The Labute approximate surface area is 239 Å². The molecule has 9 heteroatoms. The van der Waals surface area contributed by atoms with Gasteiger partial charge < -0.3 is 14.7 Å². The number of anilines is 1. The van der Waals surface area contributed by atoms with E-state index in [1.54, 1.807) is 6.20 Å². The van der Waals surface area contributed by atoms with Crippen LogP contribution in [0.1, 0.15) is 49.7 Å². The van der Waals surface area contributed by atoms with Gasteiger partial charge in [0.05, 0.1) is 12.5 Å². The van der Waals surface area contributed by atoms with Crippen LogP contribution in [0.5, 0.6) is 6.01 Å². The van der Waals surface area contributed by atoms with Gasteiger partial charge in [-0.1, -0.05) is 30.3 Å². The molecule has 0 spiro atoms. The molecule has 3 aliphatic heterocycles. The van der Waals surface area contributed by atoms with Gasteiger partial charge in [-0.2, -0.15) is 9.97 Å². The van der Waals surface area contributed by atoms with Crippen molar-refractivity contribution in [2.75, 3.05) is 45.3 Å². The second-order valence-corrected chi connectivity index (χ2v) is 11.2. The molecule has 0 saturated carbocycles. The summed E-state index contributed by atoms with van der Waals surface area (Å²) in [6, 6.07) is 11.0. The van der Waals surface area contributed by atoms with E-state index in [1.165, 1.54) is 37.5 Å². The van der Waals surface area contributed by atoms with Gasteiger partial charge in [-0.25, -0.2) is 8.78 Å². The number of fused-ring (bicyclic) bond motifs is 5. The zero-order valence-electron chi connectivity index (χ0n) is 23.7. The lowest BCUT2D eigenvalue weighted by molar-refractivity contribution is 0.292. The standard InChI is InChI=1S/C24H21FN4O.C7H12FN.CH4O/c1-30-24-27-22-18(23(28-24)29-10-3-2-4-11-29)13-26-21(20(22)25)16-7-5-6-14-8-9-15-12-17(15)19(14)16;8-6-4-7-2-1-3-9(7)5-6;1-2/h5-9,13H,2-4,10-12H2,1H3;6-7H,1-5H2;2H,1H3. The van der Waals surface area contributed by atoms with Crippen LogP contribution >= 0.6 is 0 Å². The third-order valence-electron chi connectivity index (χ3n) is 8.69. The molecule has 0 radical (unpaired) electrons. The molecule has 3 fully saturated rings. The van der Waals surface area contributed by atoms with Gasteiger partial charge in [-0.05, 0) is 73.4 Å². The monoisotopic (exact) mass is 561 g/mol. The molecule has 7 nitrogen and oxygen atoms in total. The molecule has 2 atom stereocenters. The molecule has 1 N–H and O–H groups in total. The Morgan fingerprint density at radius 1 is 1.00 bits per heavy atom. The molecule has 2 unspecified atom stereocenters. The fourth-order valence-corrected chi connectivity index (χ4v) is 6.66. The number of aliphatic hydroxyl groups is 1. The Balaban J connectivity index is 0.000000231. The summed E-state index contributed by atoms with van der Waals surface area (Å²) >= 11 is 0. The third kappa shape index (κ3) is 5.33. The van der Waals surface area contributed by atoms with Crippen LogP contribution in [0.25, 0.3) is 32.9 Å². The molecule has 2 aromatic heterocycles. The van der Waals surface area contributed by atoms with E-state index in [9.17, 15) is 4.39 Å². The minimum atomic E-state index is -0.518. The van der Waals surface area contributed by atoms with E-state index in [1.807, 2.05) is 12.1 Å². The molecule has 41 heavy (non-hydrogen) atoms. The number of methoxy groups -OCH3 is 1. The van der Waals surface area contributed by atoms with Crippen LogP contribution in [0.15, 0.2) is 36.5 Å². The van der Waals surface area contributed by atoms with E-state index in [2.05, 4.69) is 43.0 Å². The first-order valence-corrected chi connectivity index (χ1v) is 14.6. The van der Waals surface area contributed by atoms with E-state index in [0.29, 0.717) is 29.5 Å². The molecule has 216 valence electrons. The first kappa shape index (κ1) is 27.7. The Morgan fingerprint density at radius 2 is 1.83 bits per heavy atom. The average Bonchev–Trinajstić information content (AvgIpc) is 3.57. The topological polar surface area (TPSA) is 74.6 Å². The second kappa shape index (κ2) is 11.8. The molecule has 3 saturated heterocycles. The van der Waals surface area contributed by atoms with Crippen LogP contribution in [0.2, 0.25) is 0 Å². The highest BCUT2D eigenvalue weighted by atomic mass is 19.1. The zero-order valence-corrected chi connectivity index (χ0v) is 23.7. The zero-order chi connectivity index (χ0) is 28.5. The number of aliphatic hydroxyl groups excluding tert-OH is 1. The van der Waals surface area contributed by atoms with Crippen molar-refractivity contribution >= 4 is 27.5 Å². The summed E-state index contributed by atoms with van der Waals surface area (Å²) in [5.41, 5.74) is 4.03. The highest BCUT2D eigenvalue weighted by Gasteiger charge is 2.34. The maximum absolute atomic E-state index is 15.9. The average molecular weight is 562 g/mol. The maximum atomic E-state index is 15.9. The Bertz CT molecular complexity index is 1550. The number of rotatable bonds is 3. The normalized spacial score (nSPS) is 21.0. The molecule has 4 aromatic rings. The van der Waals surface area contributed by atoms with Crippen LogP contribution in [0, 0.1) is 5.82 Å². The molecule has 5 heterocycles. The largest absolute Gasteiger partial charge is 0.467 e. The van der Waals surface area contributed by atoms with Crippen molar-refractivity contribution in [2.45, 2.75) is 57.2 Å². The van der Waals surface area contributed by atoms with E-state index < -0.39 is 12.0 Å². The van der Waals surface area contributed by atoms with E-state index >= 15 is 4.39 Å². The number of pyridine rings is 1. The summed E-state index contributed by atoms with van der Waals surface area (Å²) in [6.45, 7) is 3.65. The summed E-state index contributed by atoms with van der Waals surface area (Å²) in [6.07, 6.45) is 8.90. The molecule has 1 aliphatic carbocycles. The fraction of sp³-hybridized carbons (Fsp3) is 0.469. The maximum Gasteiger partial charge on any atom is 0.318 e. The Hall–Kier alpha value is -3.43. The number of hydrogen-bond acceptors (Lipinski definition) is 7. The highest BCUT2D eigenvalue weighted by Crippen LogP contribution is 2.42. The molecule has 4 aliphatic rings. The van der Waals surface area contributed by atoms with Gasteiger partial charge in [0.15, 0.2) is 5.82 Å². The Kier molecular flexibility index (Phi) is 7.99. The molecule has 8 rings (SSSR count). The van der Waals surface area contributed by atoms with Gasteiger partial charge in [0.25, 0.3) is 0 Å². The van der Waals surface area contributed by atoms with Gasteiger partial charge in [0.1, 0.15) is 23.2 Å². The first-order valence-electron chi connectivity index (χ1n) is 14.6. The van der Waals surface area contributed by atoms with Gasteiger partial charge in [-0.3, -0.25) is 9.88 Å². The smallest absolute Gasteiger partial charge is 0.318 e. The third-order valence-corrected chi connectivity index (χ3v) is 8.69. The highest BCUT2D eigenvalue weighted by molar-refractivity contribution is 6.03. The van der Waals surface area contributed by atoms with Crippen molar-refractivity contribution in [1.82, 2.24) is 19.9 Å². The van der Waals surface area contributed by atoms with Gasteiger partial charge in [-0.15, -0.1) is 0 Å².